The number of nitrogens with zero attached hydrogens (tertiary/aromatic N) is 3. The monoisotopic (exact) mass is 405 g/mol. The Hall–Kier alpha value is -3.36. The Morgan fingerprint density at radius 2 is 1.83 bits per heavy atom. The molecule has 1 heterocycles. The molecule has 0 aliphatic rings. The molecule has 1 amide bonds. The second-order valence-corrected chi connectivity index (χ2v) is 6.44. The van der Waals surface area contributed by atoms with Crippen LogP contribution >= 0.6 is 0 Å². The van der Waals surface area contributed by atoms with Gasteiger partial charge in [-0.15, -0.1) is 13.2 Å². The summed E-state index contributed by atoms with van der Waals surface area (Å²) in [6, 6.07) is 12.4. The Morgan fingerprint density at radius 3 is 2.52 bits per heavy atom. The fraction of sp³-hybridized carbons (Fsp3) is 0.250. The Bertz CT molecular complexity index is 1060. The number of aryl methyl sites for hydroxylation is 1. The predicted octanol–water partition coefficient (Wildman–Crippen LogP) is 3.34. The molecule has 6 nitrogen and oxygen atoms in total. The summed E-state index contributed by atoms with van der Waals surface area (Å²) in [6.07, 6.45) is -3.36. The highest BCUT2D eigenvalue weighted by molar-refractivity contribution is 5.79. The SMILES string of the molecule is CN(Cc1ccc(OC(F)(F)F)cc1)C(=O)CCn1ncc(=O)c2ccccc21. The zero-order valence-electron chi connectivity index (χ0n) is 15.5. The molecule has 0 unspecified atom stereocenters. The lowest BCUT2D eigenvalue weighted by molar-refractivity contribution is -0.274. The standard InChI is InChI=1S/C20H18F3N3O3/c1-25(13-14-6-8-15(9-7-14)29-20(21,22)23)19(28)10-11-26-17-5-3-2-4-16(17)18(27)12-24-26/h2-9,12H,10-11,13H2,1H3. The summed E-state index contributed by atoms with van der Waals surface area (Å²) in [4.78, 5) is 25.8. The number of alkyl halides is 3. The molecule has 152 valence electrons. The van der Waals surface area contributed by atoms with E-state index in [1.165, 1.54) is 35.4 Å². The molecule has 2 aromatic carbocycles. The first kappa shape index (κ1) is 20.4. The number of rotatable bonds is 6. The van der Waals surface area contributed by atoms with E-state index in [2.05, 4.69) is 9.84 Å². The molecule has 0 aliphatic heterocycles. The maximum absolute atomic E-state index is 12.4. The number of halogens is 3. The molecule has 0 radical (unpaired) electrons. The molecule has 0 saturated carbocycles. The molecule has 3 aromatic rings. The third kappa shape index (κ3) is 5.34. The minimum absolute atomic E-state index is 0.158. The smallest absolute Gasteiger partial charge is 0.406 e. The van der Waals surface area contributed by atoms with Crippen LogP contribution in [0.15, 0.2) is 59.5 Å². The lowest BCUT2D eigenvalue weighted by atomic mass is 10.2. The molecule has 29 heavy (non-hydrogen) atoms. The fourth-order valence-electron chi connectivity index (χ4n) is 2.89. The molecule has 0 aliphatic carbocycles. The quantitative estimate of drug-likeness (QED) is 0.631. The maximum atomic E-state index is 12.4. The Morgan fingerprint density at radius 1 is 1.14 bits per heavy atom. The van der Waals surface area contributed by atoms with Gasteiger partial charge in [0.15, 0.2) is 0 Å². The lowest BCUT2D eigenvalue weighted by Crippen LogP contribution is -2.27. The minimum atomic E-state index is -4.74. The zero-order valence-corrected chi connectivity index (χ0v) is 15.5. The summed E-state index contributed by atoms with van der Waals surface area (Å²) < 4.78 is 42.0. The number of hydrogen-bond acceptors (Lipinski definition) is 4. The summed E-state index contributed by atoms with van der Waals surface area (Å²) in [7, 11) is 1.61. The van der Waals surface area contributed by atoms with Crippen molar-refractivity contribution in [1.29, 1.82) is 0 Å². The first-order valence-corrected chi connectivity index (χ1v) is 8.76. The van der Waals surface area contributed by atoms with Crippen molar-refractivity contribution in [3.05, 3.63) is 70.5 Å². The van der Waals surface area contributed by atoms with Crippen LogP contribution in [0.5, 0.6) is 5.75 Å². The summed E-state index contributed by atoms with van der Waals surface area (Å²) >= 11 is 0. The molecular formula is C20H18F3N3O3. The molecule has 1 aromatic heterocycles. The van der Waals surface area contributed by atoms with Crippen molar-refractivity contribution >= 4 is 16.8 Å². The van der Waals surface area contributed by atoms with Crippen LogP contribution in [-0.2, 0) is 17.9 Å². The van der Waals surface area contributed by atoms with E-state index in [4.69, 9.17) is 0 Å². The number of amides is 1. The van der Waals surface area contributed by atoms with Gasteiger partial charge in [0.1, 0.15) is 5.75 Å². The average molecular weight is 405 g/mol. The summed E-state index contributed by atoms with van der Waals surface area (Å²) in [6.45, 7) is 0.534. The van der Waals surface area contributed by atoms with Crippen molar-refractivity contribution in [3.8, 4) is 5.75 Å². The Kier molecular flexibility index (Phi) is 5.86. The number of para-hydroxylation sites is 1. The van der Waals surface area contributed by atoms with Crippen molar-refractivity contribution in [3.63, 3.8) is 0 Å². The largest absolute Gasteiger partial charge is 0.573 e. The first-order chi connectivity index (χ1) is 13.7. The van der Waals surface area contributed by atoms with Crippen LogP contribution < -0.4 is 10.2 Å². The molecule has 0 N–H and O–H groups in total. The third-order valence-corrected chi connectivity index (χ3v) is 4.30. The molecule has 0 bridgehead atoms. The van der Waals surface area contributed by atoms with Gasteiger partial charge in [-0.3, -0.25) is 14.3 Å². The van der Waals surface area contributed by atoms with Crippen LogP contribution in [0.4, 0.5) is 13.2 Å². The van der Waals surface area contributed by atoms with Gasteiger partial charge in [0, 0.05) is 25.4 Å². The van der Waals surface area contributed by atoms with Crippen molar-refractivity contribution in [2.24, 2.45) is 0 Å². The van der Waals surface area contributed by atoms with E-state index in [1.807, 2.05) is 0 Å². The van der Waals surface area contributed by atoms with E-state index >= 15 is 0 Å². The molecule has 0 spiro atoms. The van der Waals surface area contributed by atoms with Crippen LogP contribution in [0.2, 0.25) is 0 Å². The van der Waals surface area contributed by atoms with E-state index in [1.54, 1.807) is 36.0 Å². The van der Waals surface area contributed by atoms with Gasteiger partial charge < -0.3 is 9.64 Å². The van der Waals surface area contributed by atoms with Crippen LogP contribution in [-0.4, -0.2) is 34.0 Å². The van der Waals surface area contributed by atoms with Crippen LogP contribution in [0.3, 0.4) is 0 Å². The van der Waals surface area contributed by atoms with Crippen molar-refractivity contribution in [1.82, 2.24) is 14.7 Å². The number of ether oxygens (including phenoxy) is 1. The maximum Gasteiger partial charge on any atom is 0.573 e. The van der Waals surface area contributed by atoms with Gasteiger partial charge in [-0.25, -0.2) is 0 Å². The van der Waals surface area contributed by atoms with Gasteiger partial charge in [-0.1, -0.05) is 24.3 Å². The second kappa shape index (κ2) is 8.34. The van der Waals surface area contributed by atoms with Gasteiger partial charge in [0.25, 0.3) is 0 Å². The highest BCUT2D eigenvalue weighted by atomic mass is 19.4. The van der Waals surface area contributed by atoms with Crippen molar-refractivity contribution < 1.29 is 22.7 Å². The van der Waals surface area contributed by atoms with Crippen LogP contribution in [0, 0.1) is 0 Å². The van der Waals surface area contributed by atoms with E-state index in [-0.39, 0.29) is 30.1 Å². The summed E-state index contributed by atoms with van der Waals surface area (Å²) in [5.41, 5.74) is 1.14. The van der Waals surface area contributed by atoms with E-state index in [0.29, 0.717) is 23.0 Å². The van der Waals surface area contributed by atoms with E-state index in [9.17, 15) is 22.8 Å². The lowest BCUT2D eigenvalue weighted by Gasteiger charge is -2.18. The normalized spacial score (nSPS) is 11.4. The first-order valence-electron chi connectivity index (χ1n) is 8.76. The van der Waals surface area contributed by atoms with Crippen molar-refractivity contribution in [2.75, 3.05) is 7.05 Å². The van der Waals surface area contributed by atoms with Crippen LogP contribution in [0.25, 0.3) is 10.9 Å². The van der Waals surface area contributed by atoms with E-state index < -0.39 is 6.36 Å². The Balaban J connectivity index is 1.60. The topological polar surface area (TPSA) is 64.4 Å². The predicted molar refractivity (Wildman–Crippen MR) is 100 cm³/mol. The van der Waals surface area contributed by atoms with Gasteiger partial charge in [-0.05, 0) is 29.8 Å². The van der Waals surface area contributed by atoms with Gasteiger partial charge in [0.05, 0.1) is 18.3 Å². The average Bonchev–Trinajstić information content (AvgIpc) is 2.68. The van der Waals surface area contributed by atoms with E-state index in [0.717, 1.165) is 0 Å². The number of hydrogen-bond donors (Lipinski definition) is 0. The third-order valence-electron chi connectivity index (χ3n) is 4.30. The highest BCUT2D eigenvalue weighted by Crippen LogP contribution is 2.23. The molecule has 0 saturated heterocycles. The highest BCUT2D eigenvalue weighted by Gasteiger charge is 2.30. The minimum Gasteiger partial charge on any atom is -0.406 e. The molecule has 0 atom stereocenters. The molecule has 9 heteroatoms. The summed E-state index contributed by atoms with van der Waals surface area (Å²) in [5.74, 6) is -0.475. The van der Waals surface area contributed by atoms with Crippen LogP contribution in [0.1, 0.15) is 12.0 Å². The molecule has 3 rings (SSSR count). The summed E-state index contributed by atoms with van der Waals surface area (Å²) in [5, 5.41) is 4.62. The van der Waals surface area contributed by atoms with Gasteiger partial charge in [0.2, 0.25) is 11.3 Å². The second-order valence-electron chi connectivity index (χ2n) is 6.44. The molecular weight excluding hydrogens is 387 g/mol. The number of carbonyl (C=O) groups is 1. The number of carbonyl (C=O) groups excluding carboxylic acids is 1. The Labute approximate surface area is 164 Å². The molecule has 0 fully saturated rings. The fourth-order valence-corrected chi connectivity index (χ4v) is 2.89. The van der Waals surface area contributed by atoms with Crippen molar-refractivity contribution in [2.45, 2.75) is 25.9 Å². The zero-order chi connectivity index (χ0) is 21.0. The van der Waals surface area contributed by atoms with Gasteiger partial charge in [-0.2, -0.15) is 5.10 Å². The number of benzene rings is 2. The van der Waals surface area contributed by atoms with Gasteiger partial charge >= 0.3 is 6.36 Å². The number of fused-ring (bicyclic) bond motifs is 1. The number of aromatic nitrogens is 2.